The highest BCUT2D eigenvalue weighted by molar-refractivity contribution is 7.90. The predicted molar refractivity (Wildman–Crippen MR) is 115 cm³/mol. The number of benzene rings is 1. The molecule has 28 heavy (non-hydrogen) atoms. The Bertz CT molecular complexity index is 1000. The third kappa shape index (κ3) is 3.69. The number of nitrogens with zero attached hydrogens (tertiary/aromatic N) is 2. The van der Waals surface area contributed by atoms with Crippen molar-refractivity contribution in [2.24, 2.45) is 5.14 Å². The van der Waals surface area contributed by atoms with Gasteiger partial charge in [-0.05, 0) is 74.5 Å². The van der Waals surface area contributed by atoms with Crippen molar-refractivity contribution in [3.8, 4) is 0 Å². The average molecular weight is 400 g/mol. The number of primary sulfonamides is 1. The fourth-order valence-corrected chi connectivity index (χ4v) is 5.55. The van der Waals surface area contributed by atoms with E-state index in [0.717, 1.165) is 36.0 Å². The van der Waals surface area contributed by atoms with Gasteiger partial charge in [0.1, 0.15) is 4.75 Å². The maximum Gasteiger partial charge on any atom is 0.223 e. The van der Waals surface area contributed by atoms with Gasteiger partial charge in [-0.25, -0.2) is 13.6 Å². The van der Waals surface area contributed by atoms with Crippen LogP contribution in [0.5, 0.6) is 0 Å². The van der Waals surface area contributed by atoms with E-state index in [9.17, 15) is 8.42 Å². The van der Waals surface area contributed by atoms with Crippen LogP contribution in [0.2, 0.25) is 0 Å². The van der Waals surface area contributed by atoms with Gasteiger partial charge in [-0.15, -0.1) is 0 Å². The van der Waals surface area contributed by atoms with Crippen molar-refractivity contribution in [2.45, 2.75) is 43.4 Å². The zero-order chi connectivity index (χ0) is 19.6. The maximum atomic E-state index is 12.4. The number of hydrogen-bond donors (Lipinski definition) is 1. The van der Waals surface area contributed by atoms with Crippen molar-refractivity contribution in [3.05, 3.63) is 60.3 Å². The van der Waals surface area contributed by atoms with E-state index in [4.69, 9.17) is 5.14 Å². The van der Waals surface area contributed by atoms with Crippen LogP contribution in [0.4, 0.5) is 0 Å². The van der Waals surface area contributed by atoms with Crippen LogP contribution < -0.4 is 5.14 Å². The first-order valence-electron chi connectivity index (χ1n) is 10.2. The number of aryl methyl sites for hydroxylation is 1. The summed E-state index contributed by atoms with van der Waals surface area (Å²) in [5, 5.41) is 6.70. The Labute approximate surface area is 167 Å². The van der Waals surface area contributed by atoms with Crippen molar-refractivity contribution in [1.82, 2.24) is 9.47 Å². The number of likely N-dealkylation sites (tertiary alicyclic amines) is 1. The number of sulfonamides is 1. The first-order valence-corrected chi connectivity index (χ1v) is 11.7. The first kappa shape index (κ1) is 19.4. The largest absolute Gasteiger partial charge is 0.347 e. The highest BCUT2D eigenvalue weighted by Gasteiger charge is 2.41. The molecule has 1 aliphatic carbocycles. The number of fused-ring (bicyclic) bond motifs is 1. The lowest BCUT2D eigenvalue weighted by atomic mass is 9.90. The molecule has 2 N–H and O–H groups in total. The average Bonchev–Trinajstić information content (AvgIpc) is 3.11. The quantitative estimate of drug-likeness (QED) is 0.808. The molecule has 150 valence electrons. The summed E-state index contributed by atoms with van der Waals surface area (Å²) in [5.74, 6) is 0. The first-order chi connectivity index (χ1) is 13.5. The summed E-state index contributed by atoms with van der Waals surface area (Å²) in [5.41, 5.74) is 1.87. The molecule has 0 saturated carbocycles. The molecule has 1 unspecified atom stereocenters. The van der Waals surface area contributed by atoms with Crippen LogP contribution in [-0.4, -0.2) is 37.5 Å². The summed E-state index contributed by atoms with van der Waals surface area (Å²) >= 11 is 0. The lowest BCUT2D eigenvalue weighted by molar-refractivity contribution is 0.223. The minimum atomic E-state index is -3.78. The Kier molecular flexibility index (Phi) is 5.45. The van der Waals surface area contributed by atoms with E-state index in [0.29, 0.717) is 6.42 Å². The van der Waals surface area contributed by atoms with Crippen molar-refractivity contribution in [2.75, 3.05) is 19.6 Å². The van der Waals surface area contributed by atoms with Crippen LogP contribution in [0.25, 0.3) is 10.9 Å². The van der Waals surface area contributed by atoms with E-state index in [2.05, 4.69) is 21.7 Å². The molecule has 1 aromatic carbocycles. The Morgan fingerprint density at radius 1 is 1.04 bits per heavy atom. The Morgan fingerprint density at radius 3 is 2.57 bits per heavy atom. The van der Waals surface area contributed by atoms with Crippen LogP contribution in [0.15, 0.2) is 54.8 Å². The van der Waals surface area contributed by atoms with Gasteiger partial charge in [0.2, 0.25) is 10.0 Å². The molecule has 0 spiro atoms. The number of piperidine rings is 1. The fourth-order valence-electron chi connectivity index (χ4n) is 4.50. The van der Waals surface area contributed by atoms with Crippen LogP contribution in [0, 0.1) is 0 Å². The normalized spacial score (nSPS) is 23.5. The molecular formula is C22H29N3O2S. The second kappa shape index (κ2) is 7.85. The SMILES string of the molecule is NS(=O)(=O)C1(c2ccc3c(ccn3CCCN3CCCCC3)c2)C=CC=CC1. The van der Waals surface area contributed by atoms with Gasteiger partial charge in [-0.2, -0.15) is 0 Å². The van der Waals surface area contributed by atoms with Crippen molar-refractivity contribution in [3.63, 3.8) is 0 Å². The monoisotopic (exact) mass is 399 g/mol. The summed E-state index contributed by atoms with van der Waals surface area (Å²) in [6.07, 6.45) is 14.8. The molecule has 5 nitrogen and oxygen atoms in total. The molecule has 2 heterocycles. The summed E-state index contributed by atoms with van der Waals surface area (Å²) in [6.45, 7) is 4.58. The van der Waals surface area contributed by atoms with Gasteiger partial charge in [-0.1, -0.05) is 36.8 Å². The molecule has 0 radical (unpaired) electrons. The molecule has 0 bridgehead atoms. The number of hydrogen-bond acceptors (Lipinski definition) is 3. The molecular weight excluding hydrogens is 370 g/mol. The molecule has 2 aliphatic rings. The Morgan fingerprint density at radius 2 is 1.86 bits per heavy atom. The summed E-state index contributed by atoms with van der Waals surface area (Å²) in [7, 11) is -3.78. The van der Waals surface area contributed by atoms with Gasteiger partial charge in [0.05, 0.1) is 0 Å². The molecule has 1 aromatic heterocycles. The Balaban J connectivity index is 1.54. The van der Waals surface area contributed by atoms with E-state index in [1.54, 1.807) is 12.2 Å². The number of allylic oxidation sites excluding steroid dienone is 3. The third-order valence-electron chi connectivity index (χ3n) is 6.12. The summed E-state index contributed by atoms with van der Waals surface area (Å²) in [4.78, 5) is 2.56. The number of rotatable bonds is 6. The van der Waals surface area contributed by atoms with Crippen molar-refractivity contribution >= 4 is 20.9 Å². The second-order valence-corrected chi connectivity index (χ2v) is 9.78. The van der Waals surface area contributed by atoms with Gasteiger partial charge in [0.15, 0.2) is 0 Å². The van der Waals surface area contributed by atoms with Crippen LogP contribution in [0.3, 0.4) is 0 Å². The molecule has 6 heteroatoms. The molecule has 4 rings (SSSR count). The zero-order valence-corrected chi connectivity index (χ0v) is 17.1. The topological polar surface area (TPSA) is 68.3 Å². The van der Waals surface area contributed by atoms with Gasteiger partial charge in [0, 0.05) is 18.3 Å². The molecule has 1 aliphatic heterocycles. The van der Waals surface area contributed by atoms with Gasteiger partial charge < -0.3 is 9.47 Å². The third-order valence-corrected chi connectivity index (χ3v) is 7.68. The molecule has 1 fully saturated rings. The highest BCUT2D eigenvalue weighted by Crippen LogP contribution is 2.38. The van der Waals surface area contributed by atoms with E-state index in [1.165, 1.54) is 32.4 Å². The van der Waals surface area contributed by atoms with Gasteiger partial charge in [-0.3, -0.25) is 0 Å². The van der Waals surface area contributed by atoms with E-state index in [1.807, 2.05) is 30.4 Å². The fraction of sp³-hybridized carbons (Fsp3) is 0.455. The summed E-state index contributed by atoms with van der Waals surface area (Å²) in [6, 6.07) is 7.99. The van der Waals surface area contributed by atoms with E-state index < -0.39 is 14.8 Å². The van der Waals surface area contributed by atoms with Crippen molar-refractivity contribution < 1.29 is 8.42 Å². The standard InChI is InChI=1S/C22H29N3O2S/c23-28(26,27)22(11-3-1-4-12-22)20-8-9-21-19(18-20)10-17-25(21)16-7-15-24-13-5-2-6-14-24/h1,3-4,8-11,17-18H,2,5-7,12-16H2,(H2,23,26,27). The Hall–Kier alpha value is -1.89. The molecule has 1 saturated heterocycles. The van der Waals surface area contributed by atoms with E-state index in [-0.39, 0.29) is 0 Å². The predicted octanol–water partition coefficient (Wildman–Crippen LogP) is 3.52. The van der Waals surface area contributed by atoms with E-state index >= 15 is 0 Å². The van der Waals surface area contributed by atoms with Crippen LogP contribution >= 0.6 is 0 Å². The molecule has 1 atom stereocenters. The lowest BCUT2D eigenvalue weighted by Gasteiger charge is -2.29. The highest BCUT2D eigenvalue weighted by atomic mass is 32.2. The molecule has 0 amide bonds. The summed E-state index contributed by atoms with van der Waals surface area (Å²) < 4.78 is 25.9. The maximum absolute atomic E-state index is 12.4. The lowest BCUT2D eigenvalue weighted by Crippen LogP contribution is -2.39. The van der Waals surface area contributed by atoms with Crippen molar-refractivity contribution in [1.29, 1.82) is 0 Å². The minimum Gasteiger partial charge on any atom is -0.347 e. The van der Waals surface area contributed by atoms with Gasteiger partial charge >= 0.3 is 0 Å². The minimum absolute atomic E-state index is 0.365. The smallest absolute Gasteiger partial charge is 0.223 e. The molecule has 2 aromatic rings. The second-order valence-electron chi connectivity index (χ2n) is 7.96. The van der Waals surface area contributed by atoms with Gasteiger partial charge in [0.25, 0.3) is 0 Å². The van der Waals surface area contributed by atoms with Crippen LogP contribution in [-0.2, 0) is 21.3 Å². The van der Waals surface area contributed by atoms with Crippen LogP contribution in [0.1, 0.15) is 37.7 Å². The number of aromatic nitrogens is 1. The number of nitrogens with two attached hydrogens (primary N) is 1. The zero-order valence-electron chi connectivity index (χ0n) is 16.3.